The fourth-order valence-corrected chi connectivity index (χ4v) is 5.88. The van der Waals surface area contributed by atoms with Crippen LogP contribution < -0.4 is 0 Å². The molecule has 0 amide bonds. The normalized spacial score (nSPS) is 24.9. The molecule has 0 saturated carbocycles. The molecule has 0 bridgehead atoms. The molecule has 5 nitrogen and oxygen atoms in total. The molecule has 0 radical (unpaired) electrons. The summed E-state index contributed by atoms with van der Waals surface area (Å²) in [5.74, 6) is -0.408. The fourth-order valence-electron chi connectivity index (χ4n) is 3.29. The summed E-state index contributed by atoms with van der Waals surface area (Å²) >= 11 is 0. The van der Waals surface area contributed by atoms with E-state index in [2.05, 4.69) is 79.9 Å². The number of methoxy groups -OCH3 is 1. The lowest BCUT2D eigenvalue weighted by atomic mass is 10.0. The van der Waals surface area contributed by atoms with Crippen LogP contribution in [-0.2, 0) is 23.1 Å². The van der Waals surface area contributed by atoms with Gasteiger partial charge in [-0.3, -0.25) is 0 Å². The average molecular weight is 493 g/mol. The van der Waals surface area contributed by atoms with Crippen LogP contribution in [0.2, 0.25) is 36.3 Å². The first-order chi connectivity index (χ1) is 15.0. The molecular weight excluding hydrogens is 448 g/mol. The van der Waals surface area contributed by atoms with Crippen molar-refractivity contribution in [2.24, 2.45) is 0 Å². The summed E-state index contributed by atoms with van der Waals surface area (Å²) in [7, 11) is -2.94. The standard InChI is InChI=1S/C26H44O5Si2/c1-25(2,3)32(8,9)30-23-20(17-18-21(27)28-7)29-22(19-15-13-12-14-16-19)24(23)31-33(10,11)26(4,5)6/h12-18,20,22-24H,1-11H3/b18-17-/t20-,22+,23+,24+/m0/s1. The second-order valence-corrected chi connectivity index (χ2v) is 21.5. The number of carbonyl (C=O) groups excluding carboxylic acids is 1. The number of rotatable bonds is 7. The quantitative estimate of drug-likeness (QED) is 0.243. The molecule has 0 aliphatic carbocycles. The second kappa shape index (κ2) is 10.2. The molecule has 2 rings (SSSR count). The van der Waals surface area contributed by atoms with E-state index in [-0.39, 0.29) is 28.4 Å². The Hall–Kier alpha value is -1.26. The van der Waals surface area contributed by atoms with Crippen molar-refractivity contribution in [2.45, 2.75) is 102 Å². The van der Waals surface area contributed by atoms with Crippen LogP contribution in [0.4, 0.5) is 0 Å². The molecule has 1 aliphatic rings. The summed E-state index contributed by atoms with van der Waals surface area (Å²) in [6.07, 6.45) is 1.89. The Morgan fingerprint density at radius 3 is 1.82 bits per heavy atom. The van der Waals surface area contributed by atoms with Crippen molar-refractivity contribution in [1.82, 2.24) is 0 Å². The highest BCUT2D eigenvalue weighted by atomic mass is 28.4. The van der Waals surface area contributed by atoms with Crippen molar-refractivity contribution in [1.29, 1.82) is 0 Å². The van der Waals surface area contributed by atoms with E-state index in [4.69, 9.17) is 18.3 Å². The van der Waals surface area contributed by atoms with E-state index >= 15 is 0 Å². The molecule has 1 aromatic rings. The zero-order chi connectivity index (χ0) is 25.2. The van der Waals surface area contributed by atoms with Gasteiger partial charge in [-0.05, 0) is 47.9 Å². The van der Waals surface area contributed by atoms with Crippen molar-refractivity contribution in [3.05, 3.63) is 48.0 Å². The first-order valence-electron chi connectivity index (χ1n) is 11.8. The van der Waals surface area contributed by atoms with Gasteiger partial charge in [0.05, 0.1) is 7.11 Å². The molecule has 1 saturated heterocycles. The van der Waals surface area contributed by atoms with E-state index in [1.807, 2.05) is 18.2 Å². The van der Waals surface area contributed by atoms with Gasteiger partial charge >= 0.3 is 5.97 Å². The minimum Gasteiger partial charge on any atom is -0.466 e. The lowest BCUT2D eigenvalue weighted by Crippen LogP contribution is -2.53. The molecular formula is C26H44O5Si2. The number of hydrogen-bond donors (Lipinski definition) is 0. The van der Waals surface area contributed by atoms with E-state index in [1.54, 1.807) is 6.08 Å². The van der Waals surface area contributed by atoms with Gasteiger partial charge in [0.2, 0.25) is 0 Å². The highest BCUT2D eigenvalue weighted by molar-refractivity contribution is 6.74. The van der Waals surface area contributed by atoms with Gasteiger partial charge in [-0.1, -0.05) is 71.9 Å². The molecule has 1 aromatic carbocycles. The third-order valence-electron chi connectivity index (χ3n) is 7.47. The molecule has 0 spiro atoms. The third kappa shape index (κ3) is 6.66. The van der Waals surface area contributed by atoms with Crippen LogP contribution in [0.15, 0.2) is 42.5 Å². The van der Waals surface area contributed by atoms with Gasteiger partial charge in [-0.25, -0.2) is 4.79 Å². The summed E-state index contributed by atoms with van der Waals surface area (Å²) in [6, 6.07) is 10.2. The van der Waals surface area contributed by atoms with Gasteiger partial charge in [0.15, 0.2) is 16.6 Å². The maximum absolute atomic E-state index is 11.9. The van der Waals surface area contributed by atoms with Crippen molar-refractivity contribution in [3.63, 3.8) is 0 Å². The first kappa shape index (κ1) is 28.0. The Labute approximate surface area is 203 Å². The predicted molar refractivity (Wildman–Crippen MR) is 139 cm³/mol. The Morgan fingerprint density at radius 1 is 0.879 bits per heavy atom. The smallest absolute Gasteiger partial charge is 0.330 e. The van der Waals surface area contributed by atoms with Crippen LogP contribution in [-0.4, -0.2) is 48.0 Å². The molecule has 1 fully saturated rings. The van der Waals surface area contributed by atoms with Gasteiger partial charge in [0.1, 0.15) is 24.4 Å². The molecule has 4 atom stereocenters. The SMILES string of the molecule is COC(=O)/C=C\[C@@H]1O[C@H](c2ccccc2)[C@@H](O[Si](C)(C)C(C)(C)C)[C@@H]1O[Si](C)(C)C(C)(C)C. The fraction of sp³-hybridized carbons (Fsp3) is 0.654. The maximum Gasteiger partial charge on any atom is 0.330 e. The Morgan fingerprint density at radius 2 is 1.36 bits per heavy atom. The lowest BCUT2D eigenvalue weighted by molar-refractivity contribution is -0.134. The minimum absolute atomic E-state index is 0.0238. The zero-order valence-electron chi connectivity index (χ0n) is 22.4. The van der Waals surface area contributed by atoms with Gasteiger partial charge in [0, 0.05) is 6.08 Å². The van der Waals surface area contributed by atoms with Crippen molar-refractivity contribution < 1.29 is 23.1 Å². The largest absolute Gasteiger partial charge is 0.466 e. The van der Waals surface area contributed by atoms with Crippen LogP contribution in [0.25, 0.3) is 0 Å². The number of hydrogen-bond acceptors (Lipinski definition) is 5. The Kier molecular flexibility index (Phi) is 8.61. The summed E-state index contributed by atoms with van der Waals surface area (Å²) in [5, 5.41) is 0.0612. The topological polar surface area (TPSA) is 54.0 Å². The van der Waals surface area contributed by atoms with Crippen LogP contribution in [0.5, 0.6) is 0 Å². The number of benzene rings is 1. The minimum atomic E-state index is -2.16. The molecule has 1 heterocycles. The average Bonchev–Trinajstić information content (AvgIpc) is 3.01. The molecule has 0 N–H and O–H groups in total. The molecule has 0 unspecified atom stereocenters. The van der Waals surface area contributed by atoms with Crippen LogP contribution in [0.3, 0.4) is 0 Å². The molecule has 1 aliphatic heterocycles. The first-order valence-corrected chi connectivity index (χ1v) is 17.6. The van der Waals surface area contributed by atoms with Crippen molar-refractivity contribution in [3.8, 4) is 0 Å². The number of carbonyl (C=O) groups is 1. The number of ether oxygens (including phenoxy) is 2. The van der Waals surface area contributed by atoms with Crippen molar-refractivity contribution >= 4 is 22.6 Å². The van der Waals surface area contributed by atoms with Crippen LogP contribution in [0, 0.1) is 0 Å². The van der Waals surface area contributed by atoms with E-state index in [1.165, 1.54) is 13.2 Å². The summed E-state index contributed by atoms with van der Waals surface area (Å²) < 4.78 is 25.4. The predicted octanol–water partition coefficient (Wildman–Crippen LogP) is 6.64. The van der Waals surface area contributed by atoms with E-state index in [9.17, 15) is 4.79 Å². The van der Waals surface area contributed by atoms with Crippen LogP contribution >= 0.6 is 0 Å². The summed E-state index contributed by atoms with van der Waals surface area (Å²) in [4.78, 5) is 11.9. The Balaban J connectivity index is 2.57. The zero-order valence-corrected chi connectivity index (χ0v) is 24.4. The highest BCUT2D eigenvalue weighted by Gasteiger charge is 2.53. The molecule has 186 valence electrons. The van der Waals surface area contributed by atoms with Gasteiger partial charge in [0.25, 0.3) is 0 Å². The third-order valence-corrected chi connectivity index (χ3v) is 16.4. The molecule has 7 heteroatoms. The van der Waals surface area contributed by atoms with E-state index in [0.29, 0.717) is 0 Å². The van der Waals surface area contributed by atoms with Crippen LogP contribution in [0.1, 0.15) is 53.2 Å². The summed E-state index contributed by atoms with van der Waals surface area (Å²) in [6.45, 7) is 22.4. The molecule has 33 heavy (non-hydrogen) atoms. The second-order valence-electron chi connectivity index (χ2n) is 12.0. The monoisotopic (exact) mass is 492 g/mol. The van der Waals surface area contributed by atoms with E-state index < -0.39 is 28.7 Å². The van der Waals surface area contributed by atoms with Gasteiger partial charge in [-0.15, -0.1) is 0 Å². The maximum atomic E-state index is 11.9. The lowest BCUT2D eigenvalue weighted by Gasteiger charge is -2.44. The Bertz CT molecular complexity index is 821. The molecule has 0 aromatic heterocycles. The number of esters is 1. The summed E-state index contributed by atoms with van der Waals surface area (Å²) in [5.41, 5.74) is 1.05. The van der Waals surface area contributed by atoms with Crippen molar-refractivity contribution in [2.75, 3.05) is 7.11 Å². The highest BCUT2D eigenvalue weighted by Crippen LogP contribution is 2.47. The van der Waals surface area contributed by atoms with E-state index in [0.717, 1.165) is 5.56 Å². The van der Waals surface area contributed by atoms with Gasteiger partial charge < -0.3 is 18.3 Å². The van der Waals surface area contributed by atoms with Gasteiger partial charge in [-0.2, -0.15) is 0 Å².